The van der Waals surface area contributed by atoms with Gasteiger partial charge in [-0.3, -0.25) is 13.9 Å². The van der Waals surface area contributed by atoms with Gasteiger partial charge in [-0.25, -0.2) is 12.8 Å². The Bertz CT molecular complexity index is 1090. The molecule has 2 amide bonds. The molecule has 0 aliphatic carbocycles. The number of ether oxygens (including phenoxy) is 1. The van der Waals surface area contributed by atoms with Gasteiger partial charge in [-0.05, 0) is 57.5 Å². The van der Waals surface area contributed by atoms with Gasteiger partial charge in [0.2, 0.25) is 21.8 Å². The van der Waals surface area contributed by atoms with Gasteiger partial charge in [-0.2, -0.15) is 0 Å². The van der Waals surface area contributed by atoms with E-state index in [2.05, 4.69) is 5.32 Å². The summed E-state index contributed by atoms with van der Waals surface area (Å²) in [5.41, 5.74) is 0.820. The van der Waals surface area contributed by atoms with Crippen LogP contribution in [0.15, 0.2) is 48.5 Å². The normalized spacial score (nSPS) is 12.2. The molecule has 0 saturated heterocycles. The number of rotatable bonds is 11. The van der Waals surface area contributed by atoms with E-state index in [0.717, 1.165) is 10.6 Å². The molecule has 2 aromatic rings. The number of halogens is 1. The summed E-state index contributed by atoms with van der Waals surface area (Å²) in [6.45, 7) is 6.70. The third-order valence-electron chi connectivity index (χ3n) is 4.98. The van der Waals surface area contributed by atoms with Crippen molar-refractivity contribution in [3.63, 3.8) is 0 Å². The molecule has 8 nitrogen and oxygen atoms in total. The number of hydrogen-bond donors (Lipinski definition) is 1. The summed E-state index contributed by atoms with van der Waals surface area (Å²) < 4.78 is 45.2. The fraction of sp³-hybridized carbons (Fsp3) is 0.417. The number of para-hydroxylation sites is 2. The number of benzene rings is 2. The minimum Gasteiger partial charge on any atom is -0.492 e. The van der Waals surface area contributed by atoms with Crippen molar-refractivity contribution in [1.82, 2.24) is 10.2 Å². The van der Waals surface area contributed by atoms with E-state index in [-0.39, 0.29) is 24.2 Å². The smallest absolute Gasteiger partial charge is 0.244 e. The van der Waals surface area contributed by atoms with Gasteiger partial charge in [0.15, 0.2) is 0 Å². The zero-order valence-electron chi connectivity index (χ0n) is 20.1. The summed E-state index contributed by atoms with van der Waals surface area (Å²) in [5.74, 6) is -1.08. The van der Waals surface area contributed by atoms with Crippen molar-refractivity contribution in [2.45, 2.75) is 46.3 Å². The van der Waals surface area contributed by atoms with Crippen LogP contribution in [0.2, 0.25) is 0 Å². The summed E-state index contributed by atoms with van der Waals surface area (Å²) in [5, 5.41) is 2.77. The van der Waals surface area contributed by atoms with Gasteiger partial charge in [-0.15, -0.1) is 0 Å². The van der Waals surface area contributed by atoms with Crippen molar-refractivity contribution in [2.24, 2.45) is 0 Å². The van der Waals surface area contributed by atoms with Crippen LogP contribution in [0, 0.1) is 5.82 Å². The van der Waals surface area contributed by atoms with Crippen molar-refractivity contribution in [1.29, 1.82) is 0 Å². The van der Waals surface area contributed by atoms with Crippen molar-refractivity contribution in [2.75, 3.05) is 23.7 Å². The van der Waals surface area contributed by atoms with E-state index < -0.39 is 34.3 Å². The molecule has 0 saturated carbocycles. The lowest BCUT2D eigenvalue weighted by Crippen LogP contribution is -2.52. The first-order valence-electron chi connectivity index (χ1n) is 11.0. The Morgan fingerprint density at radius 1 is 1.06 bits per heavy atom. The van der Waals surface area contributed by atoms with Crippen molar-refractivity contribution >= 4 is 27.5 Å². The van der Waals surface area contributed by atoms with E-state index >= 15 is 0 Å². The number of anilines is 1. The Morgan fingerprint density at radius 3 is 2.24 bits per heavy atom. The van der Waals surface area contributed by atoms with Crippen LogP contribution < -0.4 is 14.4 Å². The molecular weight excluding hydrogens is 461 g/mol. The monoisotopic (exact) mass is 493 g/mol. The summed E-state index contributed by atoms with van der Waals surface area (Å²) in [6, 6.07) is 11.0. The lowest BCUT2D eigenvalue weighted by Gasteiger charge is -2.32. The first kappa shape index (κ1) is 27.1. The van der Waals surface area contributed by atoms with Crippen molar-refractivity contribution < 1.29 is 27.1 Å². The molecule has 0 aliphatic rings. The first-order chi connectivity index (χ1) is 15.9. The van der Waals surface area contributed by atoms with Gasteiger partial charge in [0.05, 0.1) is 18.6 Å². The molecule has 2 rings (SSSR count). The minimum atomic E-state index is -3.88. The number of hydrogen-bond acceptors (Lipinski definition) is 5. The van der Waals surface area contributed by atoms with Crippen LogP contribution in [-0.4, -0.2) is 56.6 Å². The van der Waals surface area contributed by atoms with Gasteiger partial charge in [-0.1, -0.05) is 24.3 Å². The van der Waals surface area contributed by atoms with Gasteiger partial charge in [0, 0.05) is 12.6 Å². The van der Waals surface area contributed by atoms with Gasteiger partial charge >= 0.3 is 0 Å². The molecule has 0 heterocycles. The lowest BCUT2D eigenvalue weighted by atomic mass is 10.1. The van der Waals surface area contributed by atoms with E-state index in [1.807, 2.05) is 0 Å². The first-order valence-corrected chi connectivity index (χ1v) is 12.8. The Balaban J connectivity index is 2.42. The number of nitrogens with zero attached hydrogens (tertiary/aromatic N) is 2. The summed E-state index contributed by atoms with van der Waals surface area (Å²) in [6.07, 6.45) is 1.00. The van der Waals surface area contributed by atoms with Crippen LogP contribution in [0.3, 0.4) is 0 Å². The van der Waals surface area contributed by atoms with E-state index in [0.29, 0.717) is 17.9 Å². The quantitative estimate of drug-likeness (QED) is 0.519. The maximum atomic E-state index is 13.5. The number of carbonyl (C=O) groups excluding carboxylic acids is 2. The van der Waals surface area contributed by atoms with Crippen LogP contribution in [0.5, 0.6) is 5.75 Å². The second-order valence-electron chi connectivity index (χ2n) is 8.16. The zero-order valence-corrected chi connectivity index (χ0v) is 20.9. The van der Waals surface area contributed by atoms with Crippen LogP contribution in [-0.2, 0) is 26.2 Å². The van der Waals surface area contributed by atoms with E-state index in [1.165, 1.54) is 29.2 Å². The van der Waals surface area contributed by atoms with Crippen molar-refractivity contribution in [3.8, 4) is 5.75 Å². The molecular formula is C24H32FN3O5S. The zero-order chi connectivity index (χ0) is 25.5. The fourth-order valence-electron chi connectivity index (χ4n) is 3.31. The Kier molecular flexibility index (Phi) is 9.43. The Labute approximate surface area is 200 Å². The van der Waals surface area contributed by atoms with Crippen LogP contribution in [0.4, 0.5) is 10.1 Å². The number of sulfonamides is 1. The van der Waals surface area contributed by atoms with Gasteiger partial charge in [0.25, 0.3) is 0 Å². The maximum Gasteiger partial charge on any atom is 0.244 e. The fourth-order valence-corrected chi connectivity index (χ4v) is 4.16. The second-order valence-corrected chi connectivity index (χ2v) is 10.1. The van der Waals surface area contributed by atoms with Crippen LogP contribution in [0.25, 0.3) is 0 Å². The standard InChI is InChI=1S/C24H32FN3O5S/c1-6-33-22-10-8-7-9-21(22)28(34(5,31)32)16-23(29)27(18(4)24(30)26-17(2)3)15-19-11-13-20(25)14-12-19/h7-14,17-18H,6,15-16H2,1-5H3,(H,26,30)/t18-/m1/s1. The van der Waals surface area contributed by atoms with Crippen LogP contribution in [0.1, 0.15) is 33.3 Å². The van der Waals surface area contributed by atoms with Crippen LogP contribution >= 0.6 is 0 Å². The summed E-state index contributed by atoms with van der Waals surface area (Å²) in [7, 11) is -3.88. The summed E-state index contributed by atoms with van der Waals surface area (Å²) >= 11 is 0. The predicted molar refractivity (Wildman–Crippen MR) is 129 cm³/mol. The Hall–Kier alpha value is -3.14. The van der Waals surface area contributed by atoms with E-state index in [9.17, 15) is 22.4 Å². The Morgan fingerprint density at radius 2 is 1.68 bits per heavy atom. The van der Waals surface area contributed by atoms with Gasteiger partial charge in [0.1, 0.15) is 24.2 Å². The minimum absolute atomic E-state index is 0.00347. The third kappa shape index (κ3) is 7.44. The molecule has 0 fully saturated rings. The van der Waals surface area contributed by atoms with Crippen molar-refractivity contribution in [3.05, 3.63) is 59.9 Å². The molecule has 0 unspecified atom stereocenters. The molecule has 0 radical (unpaired) electrons. The second kappa shape index (κ2) is 11.8. The molecule has 2 aromatic carbocycles. The molecule has 1 N–H and O–H groups in total. The maximum absolute atomic E-state index is 13.5. The third-order valence-corrected chi connectivity index (χ3v) is 6.10. The largest absolute Gasteiger partial charge is 0.492 e. The topological polar surface area (TPSA) is 96.0 Å². The molecule has 0 aliphatic heterocycles. The van der Waals surface area contributed by atoms with E-state index in [4.69, 9.17) is 4.74 Å². The molecule has 10 heteroatoms. The average Bonchev–Trinajstić information content (AvgIpc) is 2.76. The molecule has 0 spiro atoms. The highest BCUT2D eigenvalue weighted by Gasteiger charge is 2.31. The summed E-state index contributed by atoms with van der Waals surface area (Å²) in [4.78, 5) is 27.5. The predicted octanol–water partition coefficient (Wildman–Crippen LogP) is 2.93. The molecule has 1 atom stereocenters. The number of nitrogens with one attached hydrogen (secondary N) is 1. The number of carbonyl (C=O) groups is 2. The number of amides is 2. The molecule has 186 valence electrons. The SMILES string of the molecule is CCOc1ccccc1N(CC(=O)N(Cc1ccc(F)cc1)[C@H](C)C(=O)NC(C)C)S(C)(=O)=O. The molecule has 34 heavy (non-hydrogen) atoms. The average molecular weight is 494 g/mol. The highest BCUT2D eigenvalue weighted by atomic mass is 32.2. The van der Waals surface area contributed by atoms with E-state index in [1.54, 1.807) is 52.0 Å². The van der Waals surface area contributed by atoms with Gasteiger partial charge < -0.3 is 15.0 Å². The molecule has 0 bridgehead atoms. The molecule has 0 aromatic heterocycles. The highest BCUT2D eigenvalue weighted by Crippen LogP contribution is 2.30. The lowest BCUT2D eigenvalue weighted by molar-refractivity contribution is -0.139. The highest BCUT2D eigenvalue weighted by molar-refractivity contribution is 7.92.